The number of rotatable bonds is 5. The first-order valence-electron chi connectivity index (χ1n) is 8.09. The van der Waals surface area contributed by atoms with Gasteiger partial charge in [-0.05, 0) is 42.8 Å². The van der Waals surface area contributed by atoms with Crippen molar-refractivity contribution in [3.63, 3.8) is 0 Å². The monoisotopic (exact) mass is 375 g/mol. The average Bonchev–Trinajstić information content (AvgIpc) is 3.12. The third-order valence-corrected chi connectivity index (χ3v) is 3.80. The Morgan fingerprint density at radius 3 is 2.37 bits per heavy atom. The van der Waals surface area contributed by atoms with Crippen LogP contribution in [0, 0.1) is 0 Å². The highest BCUT2D eigenvalue weighted by molar-refractivity contribution is 5.92. The van der Waals surface area contributed by atoms with Gasteiger partial charge in [0.25, 0.3) is 5.91 Å². The first-order chi connectivity index (χ1) is 12.8. The third kappa shape index (κ3) is 4.87. The fourth-order valence-electron chi connectivity index (χ4n) is 2.48. The van der Waals surface area contributed by atoms with Gasteiger partial charge < -0.3 is 10.1 Å². The predicted molar refractivity (Wildman–Crippen MR) is 92.6 cm³/mol. The van der Waals surface area contributed by atoms with Crippen LogP contribution in [0.15, 0.2) is 66.9 Å². The van der Waals surface area contributed by atoms with Gasteiger partial charge in [0, 0.05) is 6.20 Å². The van der Waals surface area contributed by atoms with E-state index in [1.54, 1.807) is 23.9 Å². The van der Waals surface area contributed by atoms with E-state index >= 15 is 0 Å². The number of aromatic nitrogens is 2. The summed E-state index contributed by atoms with van der Waals surface area (Å²) in [7, 11) is 0. The predicted octanol–water partition coefficient (Wildman–Crippen LogP) is 4.26. The Morgan fingerprint density at radius 1 is 1.07 bits per heavy atom. The Morgan fingerprint density at radius 2 is 1.74 bits per heavy atom. The second-order valence-electron chi connectivity index (χ2n) is 5.79. The van der Waals surface area contributed by atoms with Crippen LogP contribution in [-0.2, 0) is 0 Å². The number of halogens is 3. The summed E-state index contributed by atoms with van der Waals surface area (Å²) in [6.45, 7) is 1.73. The van der Waals surface area contributed by atoms with Crippen molar-refractivity contribution in [2.75, 3.05) is 0 Å². The van der Waals surface area contributed by atoms with Gasteiger partial charge in [0.2, 0.25) is 0 Å². The van der Waals surface area contributed by atoms with Crippen LogP contribution in [0.25, 0.3) is 5.69 Å². The summed E-state index contributed by atoms with van der Waals surface area (Å²) in [5.74, 6) is -0.695. The van der Waals surface area contributed by atoms with E-state index in [2.05, 4.69) is 15.2 Å². The van der Waals surface area contributed by atoms with Crippen LogP contribution >= 0.6 is 0 Å². The lowest BCUT2D eigenvalue weighted by atomic mass is 10.1. The Labute approximate surface area is 153 Å². The molecule has 0 radical (unpaired) electrons. The summed E-state index contributed by atoms with van der Waals surface area (Å²) in [4.78, 5) is 12.4. The summed E-state index contributed by atoms with van der Waals surface area (Å²) in [6.07, 6.45) is -3.06. The Hall–Kier alpha value is -3.29. The molecule has 3 rings (SSSR count). The molecule has 0 saturated carbocycles. The van der Waals surface area contributed by atoms with Gasteiger partial charge in [-0.2, -0.15) is 5.10 Å². The van der Waals surface area contributed by atoms with Crippen LogP contribution in [-0.4, -0.2) is 22.1 Å². The molecule has 8 heteroatoms. The Bertz CT molecular complexity index is 906. The molecule has 0 aliphatic carbocycles. The van der Waals surface area contributed by atoms with Crippen molar-refractivity contribution in [1.29, 1.82) is 0 Å². The molecule has 1 heterocycles. The molecule has 140 valence electrons. The molecule has 0 spiro atoms. The smallest absolute Gasteiger partial charge is 0.406 e. The van der Waals surface area contributed by atoms with Crippen LogP contribution in [0.2, 0.25) is 0 Å². The fraction of sp³-hybridized carbons (Fsp3) is 0.158. The molecular formula is C19H16F3N3O2. The minimum Gasteiger partial charge on any atom is -0.406 e. The summed E-state index contributed by atoms with van der Waals surface area (Å²) < 4.78 is 42.0. The lowest BCUT2D eigenvalue weighted by Gasteiger charge is -2.14. The van der Waals surface area contributed by atoms with Gasteiger partial charge in [-0.25, -0.2) is 4.68 Å². The largest absolute Gasteiger partial charge is 0.573 e. The summed E-state index contributed by atoms with van der Waals surface area (Å²) >= 11 is 0. The van der Waals surface area contributed by atoms with Gasteiger partial charge in [-0.15, -0.1) is 13.2 Å². The number of nitrogens with zero attached hydrogens (tertiary/aromatic N) is 2. The topological polar surface area (TPSA) is 56.2 Å². The standard InChI is InChI=1S/C19H16F3N3O2/c1-13(14-7-9-16(10-8-14)27-19(20,21)22)23-18(26)17-11-12-25(24-17)15-5-3-2-4-6-15/h2-13H,1H3,(H,23,26). The Kier molecular flexibility index (Phi) is 5.16. The van der Waals surface area contributed by atoms with Crippen molar-refractivity contribution in [1.82, 2.24) is 15.1 Å². The number of alkyl halides is 3. The van der Waals surface area contributed by atoms with Gasteiger partial charge in [-0.3, -0.25) is 4.79 Å². The summed E-state index contributed by atoms with van der Waals surface area (Å²) in [6, 6.07) is 15.9. The molecule has 27 heavy (non-hydrogen) atoms. The van der Waals surface area contributed by atoms with E-state index in [9.17, 15) is 18.0 Å². The highest BCUT2D eigenvalue weighted by atomic mass is 19.4. The molecule has 1 aromatic heterocycles. The highest BCUT2D eigenvalue weighted by Crippen LogP contribution is 2.24. The quantitative estimate of drug-likeness (QED) is 0.725. The van der Waals surface area contributed by atoms with E-state index in [-0.39, 0.29) is 17.4 Å². The van der Waals surface area contributed by atoms with Gasteiger partial charge in [0.1, 0.15) is 5.75 Å². The molecule has 1 amide bonds. The summed E-state index contributed by atoms with van der Waals surface area (Å²) in [5, 5.41) is 7.01. The first-order valence-corrected chi connectivity index (χ1v) is 8.09. The van der Waals surface area contributed by atoms with Crippen molar-refractivity contribution >= 4 is 5.91 Å². The lowest BCUT2D eigenvalue weighted by molar-refractivity contribution is -0.274. The third-order valence-electron chi connectivity index (χ3n) is 3.80. The maximum absolute atomic E-state index is 12.4. The Balaban J connectivity index is 1.65. The number of nitrogens with one attached hydrogen (secondary N) is 1. The molecule has 2 aromatic carbocycles. The number of benzene rings is 2. The van der Waals surface area contributed by atoms with E-state index < -0.39 is 12.4 Å². The van der Waals surface area contributed by atoms with E-state index in [0.29, 0.717) is 5.56 Å². The molecule has 0 aliphatic rings. The molecule has 0 fully saturated rings. The normalized spacial score (nSPS) is 12.4. The second-order valence-corrected chi connectivity index (χ2v) is 5.79. The van der Waals surface area contributed by atoms with Crippen LogP contribution in [0.3, 0.4) is 0 Å². The molecular weight excluding hydrogens is 359 g/mol. The second kappa shape index (κ2) is 7.53. The molecule has 1 N–H and O–H groups in total. The molecule has 1 unspecified atom stereocenters. The van der Waals surface area contributed by atoms with Crippen LogP contribution in [0.5, 0.6) is 5.75 Å². The van der Waals surface area contributed by atoms with Gasteiger partial charge in [0.15, 0.2) is 5.69 Å². The molecule has 5 nitrogen and oxygen atoms in total. The van der Waals surface area contributed by atoms with Crippen molar-refractivity contribution in [3.05, 3.63) is 78.1 Å². The SMILES string of the molecule is CC(NC(=O)c1ccn(-c2ccccc2)n1)c1ccc(OC(F)(F)F)cc1. The van der Waals surface area contributed by atoms with E-state index in [0.717, 1.165) is 5.69 Å². The zero-order chi connectivity index (χ0) is 19.4. The molecule has 0 aliphatic heterocycles. The fourth-order valence-corrected chi connectivity index (χ4v) is 2.48. The van der Waals surface area contributed by atoms with Gasteiger partial charge in [-0.1, -0.05) is 30.3 Å². The van der Waals surface area contributed by atoms with Crippen molar-refractivity contribution < 1.29 is 22.7 Å². The molecule has 0 bridgehead atoms. The van der Waals surface area contributed by atoms with Crippen molar-refractivity contribution in [2.45, 2.75) is 19.3 Å². The molecule has 0 saturated heterocycles. The maximum atomic E-state index is 12.4. The number of para-hydroxylation sites is 1. The zero-order valence-electron chi connectivity index (χ0n) is 14.3. The highest BCUT2D eigenvalue weighted by Gasteiger charge is 2.31. The van der Waals surface area contributed by atoms with Gasteiger partial charge >= 0.3 is 6.36 Å². The van der Waals surface area contributed by atoms with Crippen LogP contribution in [0.1, 0.15) is 29.0 Å². The molecule has 3 aromatic rings. The van der Waals surface area contributed by atoms with E-state index in [1.807, 2.05) is 30.3 Å². The number of carbonyl (C=O) groups is 1. The maximum Gasteiger partial charge on any atom is 0.573 e. The van der Waals surface area contributed by atoms with Crippen molar-refractivity contribution in [3.8, 4) is 11.4 Å². The van der Waals surface area contributed by atoms with E-state index in [1.165, 1.54) is 24.3 Å². The van der Waals surface area contributed by atoms with E-state index in [4.69, 9.17) is 0 Å². The van der Waals surface area contributed by atoms with Crippen LogP contribution in [0.4, 0.5) is 13.2 Å². The zero-order valence-corrected chi connectivity index (χ0v) is 14.3. The average molecular weight is 375 g/mol. The summed E-state index contributed by atoms with van der Waals surface area (Å²) in [5.41, 5.74) is 1.70. The molecule has 1 atom stereocenters. The lowest BCUT2D eigenvalue weighted by Crippen LogP contribution is -2.27. The van der Waals surface area contributed by atoms with Gasteiger partial charge in [0.05, 0.1) is 11.7 Å². The number of amides is 1. The minimum atomic E-state index is -4.74. The van der Waals surface area contributed by atoms with Crippen LogP contribution < -0.4 is 10.1 Å². The first kappa shape index (κ1) is 18.5. The van der Waals surface area contributed by atoms with Crippen molar-refractivity contribution in [2.24, 2.45) is 0 Å². The number of carbonyl (C=O) groups excluding carboxylic acids is 1. The number of hydrogen-bond acceptors (Lipinski definition) is 3. The minimum absolute atomic E-state index is 0.239. The number of hydrogen-bond donors (Lipinski definition) is 1. The number of ether oxygens (including phenoxy) is 1.